The number of nitrogens with one attached hydrogen (secondary N) is 1. The number of hydrogen-bond donors (Lipinski definition) is 1. The van der Waals surface area contributed by atoms with Crippen LogP contribution in [0.15, 0.2) is 0 Å². The Morgan fingerprint density at radius 2 is 2.00 bits per heavy atom. The standard InChI is InChI=1S/C14H30N2O2/c1-7-18-12-8-11(13(12)17-6)15-9-14(2,3)10-16(4)5/h11-13,15H,7-10H2,1-6H3. The number of hydrogen-bond acceptors (Lipinski definition) is 4. The molecule has 0 amide bonds. The minimum absolute atomic E-state index is 0.208. The Kier molecular flexibility index (Phi) is 6.05. The second-order valence-corrected chi connectivity index (χ2v) is 6.32. The first-order valence-corrected chi connectivity index (χ1v) is 6.92. The Bertz CT molecular complexity index is 244. The van der Waals surface area contributed by atoms with Gasteiger partial charge in [-0.1, -0.05) is 13.8 Å². The molecule has 0 aromatic rings. The molecule has 1 fully saturated rings. The van der Waals surface area contributed by atoms with Crippen LogP contribution in [0.25, 0.3) is 0 Å². The van der Waals surface area contributed by atoms with Gasteiger partial charge < -0.3 is 19.7 Å². The molecular weight excluding hydrogens is 228 g/mol. The van der Waals surface area contributed by atoms with E-state index in [0.29, 0.717) is 6.04 Å². The molecule has 1 saturated carbocycles. The van der Waals surface area contributed by atoms with Crippen molar-refractivity contribution in [3.63, 3.8) is 0 Å². The zero-order valence-electron chi connectivity index (χ0n) is 12.8. The first-order valence-electron chi connectivity index (χ1n) is 6.92. The summed E-state index contributed by atoms with van der Waals surface area (Å²) in [6.45, 7) is 9.48. The molecule has 0 aromatic carbocycles. The number of rotatable bonds is 8. The monoisotopic (exact) mass is 258 g/mol. The lowest BCUT2D eigenvalue weighted by molar-refractivity contribution is -0.132. The Morgan fingerprint density at radius 1 is 1.33 bits per heavy atom. The van der Waals surface area contributed by atoms with Crippen molar-refractivity contribution >= 4 is 0 Å². The van der Waals surface area contributed by atoms with Crippen LogP contribution < -0.4 is 5.32 Å². The molecular formula is C14H30N2O2. The maximum absolute atomic E-state index is 5.63. The molecule has 0 aliphatic heterocycles. The normalized spacial score (nSPS) is 28.5. The quantitative estimate of drug-likeness (QED) is 0.713. The molecule has 108 valence electrons. The number of ether oxygens (including phenoxy) is 2. The molecule has 0 spiro atoms. The third-order valence-corrected chi connectivity index (χ3v) is 3.49. The predicted octanol–water partition coefficient (Wildman–Crippen LogP) is 1.36. The highest BCUT2D eigenvalue weighted by Crippen LogP contribution is 2.27. The van der Waals surface area contributed by atoms with Gasteiger partial charge in [0, 0.05) is 32.8 Å². The Balaban J connectivity index is 2.32. The molecule has 4 nitrogen and oxygen atoms in total. The summed E-state index contributed by atoms with van der Waals surface area (Å²) >= 11 is 0. The van der Waals surface area contributed by atoms with Crippen LogP contribution in [-0.4, -0.2) is 64.1 Å². The summed E-state index contributed by atoms with van der Waals surface area (Å²) in [4.78, 5) is 2.24. The fourth-order valence-corrected chi connectivity index (χ4v) is 2.79. The van der Waals surface area contributed by atoms with Gasteiger partial charge in [0.1, 0.15) is 0 Å². The third-order valence-electron chi connectivity index (χ3n) is 3.49. The molecule has 3 unspecified atom stereocenters. The molecule has 1 rings (SSSR count). The smallest absolute Gasteiger partial charge is 0.0986 e. The van der Waals surface area contributed by atoms with E-state index in [1.165, 1.54) is 0 Å². The first-order chi connectivity index (χ1) is 8.39. The molecule has 0 aromatic heterocycles. The van der Waals surface area contributed by atoms with Gasteiger partial charge in [-0.3, -0.25) is 0 Å². The van der Waals surface area contributed by atoms with Gasteiger partial charge in [-0.05, 0) is 32.9 Å². The van der Waals surface area contributed by atoms with Crippen molar-refractivity contribution < 1.29 is 9.47 Å². The molecule has 0 saturated heterocycles. The van der Waals surface area contributed by atoms with E-state index >= 15 is 0 Å². The van der Waals surface area contributed by atoms with Crippen molar-refractivity contribution in [3.8, 4) is 0 Å². The van der Waals surface area contributed by atoms with Crippen LogP contribution in [0.3, 0.4) is 0 Å². The molecule has 1 aliphatic carbocycles. The topological polar surface area (TPSA) is 33.7 Å². The van der Waals surface area contributed by atoms with Crippen molar-refractivity contribution in [1.82, 2.24) is 10.2 Å². The Labute approximate surface area is 112 Å². The van der Waals surface area contributed by atoms with Crippen LogP contribution in [0.1, 0.15) is 27.2 Å². The largest absolute Gasteiger partial charge is 0.377 e. The third kappa shape index (κ3) is 4.50. The minimum Gasteiger partial charge on any atom is -0.377 e. The van der Waals surface area contributed by atoms with E-state index in [1.54, 1.807) is 7.11 Å². The summed E-state index contributed by atoms with van der Waals surface area (Å²) in [7, 11) is 6.01. The van der Waals surface area contributed by atoms with E-state index in [2.05, 4.69) is 38.2 Å². The van der Waals surface area contributed by atoms with Gasteiger partial charge in [0.05, 0.1) is 12.2 Å². The van der Waals surface area contributed by atoms with Gasteiger partial charge in [0.25, 0.3) is 0 Å². The molecule has 18 heavy (non-hydrogen) atoms. The lowest BCUT2D eigenvalue weighted by Crippen LogP contribution is -2.61. The second kappa shape index (κ2) is 6.85. The van der Waals surface area contributed by atoms with E-state index in [0.717, 1.165) is 26.1 Å². The zero-order valence-corrected chi connectivity index (χ0v) is 12.8. The maximum Gasteiger partial charge on any atom is 0.0986 e. The fraction of sp³-hybridized carbons (Fsp3) is 1.00. The van der Waals surface area contributed by atoms with Crippen molar-refractivity contribution in [1.29, 1.82) is 0 Å². The van der Waals surface area contributed by atoms with Crippen LogP contribution in [0, 0.1) is 5.41 Å². The van der Waals surface area contributed by atoms with Gasteiger partial charge in [0.15, 0.2) is 0 Å². The van der Waals surface area contributed by atoms with Gasteiger partial charge in [-0.2, -0.15) is 0 Å². The molecule has 1 N–H and O–H groups in total. The molecule has 0 radical (unpaired) electrons. The van der Waals surface area contributed by atoms with Crippen molar-refractivity contribution in [3.05, 3.63) is 0 Å². The molecule has 0 bridgehead atoms. The SMILES string of the molecule is CCOC1CC(NCC(C)(C)CN(C)C)C1OC. The molecule has 1 aliphatic rings. The fourth-order valence-electron chi connectivity index (χ4n) is 2.79. The highest BCUT2D eigenvalue weighted by atomic mass is 16.5. The van der Waals surface area contributed by atoms with E-state index in [9.17, 15) is 0 Å². The summed E-state index contributed by atoms with van der Waals surface area (Å²) in [5.41, 5.74) is 0.276. The van der Waals surface area contributed by atoms with Crippen LogP contribution in [-0.2, 0) is 9.47 Å². The van der Waals surface area contributed by atoms with E-state index in [-0.39, 0.29) is 17.6 Å². The van der Waals surface area contributed by atoms with Gasteiger partial charge in [-0.25, -0.2) is 0 Å². The number of methoxy groups -OCH3 is 1. The van der Waals surface area contributed by atoms with Crippen molar-refractivity contribution in [2.24, 2.45) is 5.41 Å². The van der Waals surface area contributed by atoms with Crippen molar-refractivity contribution in [2.75, 3.05) is 40.9 Å². The van der Waals surface area contributed by atoms with E-state index < -0.39 is 0 Å². The van der Waals surface area contributed by atoms with Crippen LogP contribution in [0.5, 0.6) is 0 Å². The lowest BCUT2D eigenvalue weighted by atomic mass is 9.83. The first kappa shape index (κ1) is 15.9. The van der Waals surface area contributed by atoms with Crippen LogP contribution in [0.2, 0.25) is 0 Å². The Morgan fingerprint density at radius 3 is 2.50 bits per heavy atom. The highest BCUT2D eigenvalue weighted by molar-refractivity contribution is 4.97. The second-order valence-electron chi connectivity index (χ2n) is 6.32. The van der Waals surface area contributed by atoms with Crippen LogP contribution >= 0.6 is 0 Å². The molecule has 0 heterocycles. The summed E-state index contributed by atoms with van der Waals surface area (Å²) in [6, 6.07) is 0.438. The minimum atomic E-state index is 0.208. The van der Waals surface area contributed by atoms with E-state index in [1.807, 2.05) is 6.92 Å². The lowest BCUT2D eigenvalue weighted by Gasteiger charge is -2.45. The van der Waals surface area contributed by atoms with Gasteiger partial charge >= 0.3 is 0 Å². The predicted molar refractivity (Wildman–Crippen MR) is 75.0 cm³/mol. The van der Waals surface area contributed by atoms with Gasteiger partial charge in [-0.15, -0.1) is 0 Å². The summed E-state index contributed by atoms with van der Waals surface area (Å²) in [6.07, 6.45) is 1.54. The summed E-state index contributed by atoms with van der Waals surface area (Å²) < 4.78 is 11.1. The molecule has 3 atom stereocenters. The average molecular weight is 258 g/mol. The maximum atomic E-state index is 5.63. The van der Waals surface area contributed by atoms with Crippen molar-refractivity contribution in [2.45, 2.75) is 45.4 Å². The zero-order chi connectivity index (χ0) is 13.8. The average Bonchev–Trinajstić information content (AvgIpc) is 2.20. The van der Waals surface area contributed by atoms with E-state index in [4.69, 9.17) is 9.47 Å². The summed E-state index contributed by atoms with van der Waals surface area (Å²) in [5, 5.41) is 3.62. The Hall–Kier alpha value is -0.160. The summed E-state index contributed by atoms with van der Waals surface area (Å²) in [5.74, 6) is 0. The van der Waals surface area contributed by atoms with Gasteiger partial charge in [0.2, 0.25) is 0 Å². The van der Waals surface area contributed by atoms with Crippen LogP contribution in [0.4, 0.5) is 0 Å². The highest BCUT2D eigenvalue weighted by Gasteiger charge is 2.42. The number of nitrogens with zero attached hydrogens (tertiary/aromatic N) is 1. The molecule has 4 heteroatoms.